The van der Waals surface area contributed by atoms with Gasteiger partial charge in [-0.25, -0.2) is 0 Å². The van der Waals surface area contributed by atoms with E-state index in [0.717, 1.165) is 13.8 Å². The first-order valence-corrected chi connectivity index (χ1v) is 8.21. The molecule has 1 rings (SSSR count). The van der Waals surface area contributed by atoms with E-state index in [-0.39, 0.29) is 11.8 Å². The average Bonchev–Trinajstić information content (AvgIpc) is 2.50. The van der Waals surface area contributed by atoms with Gasteiger partial charge in [0.25, 0.3) is 0 Å². The molecule has 1 saturated heterocycles. The number of hydrogen-bond acceptors (Lipinski definition) is 10. The van der Waals surface area contributed by atoms with Gasteiger partial charge in [0.1, 0.15) is 36.4 Å². The SMILES string of the molecule is CC(=O)OCC1O[C@@H](SC(=N)N)C(OC(C)=O)[C@@H](N=[N+]=[N-])[C@H]1OC(C)=O. The van der Waals surface area contributed by atoms with Gasteiger partial charge in [-0.2, -0.15) is 0 Å². The average molecular weight is 389 g/mol. The van der Waals surface area contributed by atoms with Crippen molar-refractivity contribution in [2.45, 2.75) is 50.6 Å². The lowest BCUT2D eigenvalue weighted by Gasteiger charge is -2.43. The molecule has 0 radical (unpaired) electrons. The third-order valence-electron chi connectivity index (χ3n) is 3.10. The minimum atomic E-state index is -1.18. The first-order valence-electron chi connectivity index (χ1n) is 7.33. The highest BCUT2D eigenvalue weighted by atomic mass is 32.2. The molecule has 0 aromatic carbocycles. The molecule has 0 aromatic heterocycles. The highest BCUT2D eigenvalue weighted by Gasteiger charge is 2.50. The lowest BCUT2D eigenvalue weighted by atomic mass is 9.97. The van der Waals surface area contributed by atoms with Crippen molar-refractivity contribution in [3.63, 3.8) is 0 Å². The third-order valence-corrected chi connectivity index (χ3v) is 3.97. The van der Waals surface area contributed by atoms with Crippen molar-refractivity contribution >= 4 is 34.8 Å². The fraction of sp³-hybridized carbons (Fsp3) is 0.692. The van der Waals surface area contributed by atoms with Crippen molar-refractivity contribution < 1.29 is 33.3 Å². The molecular formula is C13H19N5O7S. The van der Waals surface area contributed by atoms with E-state index in [1.165, 1.54) is 6.92 Å². The van der Waals surface area contributed by atoms with Gasteiger partial charge in [-0.3, -0.25) is 19.8 Å². The van der Waals surface area contributed by atoms with E-state index in [2.05, 4.69) is 10.0 Å². The molecule has 5 atom stereocenters. The number of carbonyl (C=O) groups excluding carboxylic acids is 3. The molecule has 26 heavy (non-hydrogen) atoms. The van der Waals surface area contributed by atoms with E-state index in [0.29, 0.717) is 11.8 Å². The molecule has 0 bridgehead atoms. The van der Waals surface area contributed by atoms with Crippen LogP contribution in [0.5, 0.6) is 0 Å². The van der Waals surface area contributed by atoms with Gasteiger partial charge in [-0.1, -0.05) is 16.9 Å². The van der Waals surface area contributed by atoms with Crippen LogP contribution in [-0.4, -0.2) is 59.5 Å². The zero-order valence-corrected chi connectivity index (χ0v) is 15.1. The zero-order valence-electron chi connectivity index (χ0n) is 14.3. The predicted molar refractivity (Wildman–Crippen MR) is 88.8 cm³/mol. The molecule has 2 unspecified atom stereocenters. The Hall–Kier alpha value is -2.50. The van der Waals surface area contributed by atoms with Crippen LogP contribution in [0.1, 0.15) is 20.8 Å². The van der Waals surface area contributed by atoms with Crippen LogP contribution in [0, 0.1) is 5.41 Å². The van der Waals surface area contributed by atoms with Gasteiger partial charge in [0.05, 0.1) is 0 Å². The number of nitrogens with one attached hydrogen (secondary N) is 1. The maximum atomic E-state index is 11.4. The minimum absolute atomic E-state index is 0.313. The highest BCUT2D eigenvalue weighted by molar-refractivity contribution is 8.14. The number of rotatable bonds is 6. The predicted octanol–water partition coefficient (Wildman–Crippen LogP) is 0.443. The molecule has 1 fully saturated rings. The van der Waals surface area contributed by atoms with Crippen molar-refractivity contribution in [3.05, 3.63) is 10.4 Å². The first-order chi connectivity index (χ1) is 12.1. The fourth-order valence-electron chi connectivity index (χ4n) is 2.29. The van der Waals surface area contributed by atoms with Crippen LogP contribution in [0.15, 0.2) is 5.11 Å². The Morgan fingerprint density at radius 3 is 2.23 bits per heavy atom. The van der Waals surface area contributed by atoms with Crippen molar-refractivity contribution in [1.82, 2.24) is 0 Å². The van der Waals surface area contributed by atoms with E-state index in [4.69, 9.17) is 35.6 Å². The second-order valence-electron chi connectivity index (χ2n) is 5.17. The van der Waals surface area contributed by atoms with Crippen LogP contribution in [0.25, 0.3) is 10.4 Å². The number of hydrogen-bond donors (Lipinski definition) is 2. The monoisotopic (exact) mass is 389 g/mol. The van der Waals surface area contributed by atoms with Crippen LogP contribution < -0.4 is 5.73 Å². The fourth-order valence-corrected chi connectivity index (χ4v) is 3.09. The summed E-state index contributed by atoms with van der Waals surface area (Å²) in [4.78, 5) is 36.7. The number of azide groups is 1. The molecule has 1 aliphatic rings. The van der Waals surface area contributed by atoms with Gasteiger partial charge in [0.15, 0.2) is 5.17 Å². The smallest absolute Gasteiger partial charge is 0.303 e. The Balaban J connectivity index is 3.27. The van der Waals surface area contributed by atoms with E-state index >= 15 is 0 Å². The Morgan fingerprint density at radius 2 is 1.77 bits per heavy atom. The van der Waals surface area contributed by atoms with Crippen LogP contribution >= 0.6 is 11.8 Å². The van der Waals surface area contributed by atoms with E-state index in [1.807, 2.05) is 0 Å². The molecule has 1 heterocycles. The number of carbonyl (C=O) groups is 3. The molecule has 3 N–H and O–H groups in total. The van der Waals surface area contributed by atoms with Crippen molar-refractivity contribution in [1.29, 1.82) is 5.41 Å². The summed E-state index contributed by atoms with van der Waals surface area (Å²) in [5.41, 5.74) is 13.2. The van der Waals surface area contributed by atoms with E-state index < -0.39 is 47.7 Å². The third kappa shape index (κ3) is 6.43. The van der Waals surface area contributed by atoms with Crippen LogP contribution in [-0.2, 0) is 33.3 Å². The Labute approximate surface area is 152 Å². The number of nitrogens with zero attached hydrogens (tertiary/aromatic N) is 3. The second-order valence-corrected chi connectivity index (χ2v) is 6.31. The molecule has 144 valence electrons. The highest BCUT2D eigenvalue weighted by Crippen LogP contribution is 2.34. The van der Waals surface area contributed by atoms with Crippen molar-refractivity contribution in [2.24, 2.45) is 10.8 Å². The summed E-state index contributed by atoms with van der Waals surface area (Å²) in [6.45, 7) is 3.13. The van der Waals surface area contributed by atoms with Gasteiger partial charge in [0, 0.05) is 25.7 Å². The van der Waals surface area contributed by atoms with Crippen molar-refractivity contribution in [3.8, 4) is 0 Å². The Bertz CT molecular complexity index is 624. The molecule has 0 aliphatic carbocycles. The molecule has 1 aliphatic heterocycles. The normalized spacial score (nSPS) is 27.6. The lowest BCUT2D eigenvalue weighted by molar-refractivity contribution is -0.200. The molecule has 0 amide bonds. The van der Waals surface area contributed by atoms with Crippen molar-refractivity contribution in [2.75, 3.05) is 6.61 Å². The molecule has 0 spiro atoms. The molecule has 12 nitrogen and oxygen atoms in total. The minimum Gasteiger partial charge on any atom is -0.463 e. The summed E-state index contributed by atoms with van der Waals surface area (Å²) in [6, 6.07) is -1.18. The Morgan fingerprint density at radius 1 is 1.19 bits per heavy atom. The number of esters is 3. The van der Waals surface area contributed by atoms with E-state index in [1.54, 1.807) is 0 Å². The van der Waals surface area contributed by atoms with Gasteiger partial charge < -0.3 is 24.7 Å². The number of nitrogens with two attached hydrogens (primary N) is 1. The number of thioether (sulfide) groups is 1. The van der Waals surface area contributed by atoms with Gasteiger partial charge >= 0.3 is 17.9 Å². The molecule has 0 aromatic rings. The van der Waals surface area contributed by atoms with Gasteiger partial charge in [-0.15, -0.1) is 0 Å². The summed E-state index contributed by atoms with van der Waals surface area (Å²) in [5, 5.41) is 10.6. The summed E-state index contributed by atoms with van der Waals surface area (Å²) >= 11 is 0.711. The zero-order chi connectivity index (χ0) is 19.9. The largest absolute Gasteiger partial charge is 0.463 e. The van der Waals surface area contributed by atoms with Gasteiger partial charge in [0.2, 0.25) is 0 Å². The maximum absolute atomic E-state index is 11.4. The van der Waals surface area contributed by atoms with Crippen LogP contribution in [0.4, 0.5) is 0 Å². The lowest BCUT2D eigenvalue weighted by Crippen LogP contribution is -2.59. The summed E-state index contributed by atoms with van der Waals surface area (Å²) < 4.78 is 20.9. The standard InChI is InChI=1S/C13H19N5O7S/c1-5(19)22-4-8-10(23-6(2)20)9(17-18-16)11(24-7(3)21)12(25-8)26-13(14)15/h8-12H,4H2,1-3H3,(H3,14,15)/t8?,9-,10-,11?,12-/m0/s1. The number of amidine groups is 1. The second kappa shape index (κ2) is 9.85. The number of ether oxygens (including phenoxy) is 4. The van der Waals surface area contributed by atoms with E-state index in [9.17, 15) is 14.4 Å². The first kappa shape index (κ1) is 21.5. The molecule has 0 saturated carbocycles. The van der Waals surface area contributed by atoms with Crippen LogP contribution in [0.2, 0.25) is 0 Å². The summed E-state index contributed by atoms with van der Waals surface area (Å²) in [7, 11) is 0. The summed E-state index contributed by atoms with van der Waals surface area (Å²) in [6.07, 6.45) is -3.40. The summed E-state index contributed by atoms with van der Waals surface area (Å²) in [5.74, 6) is -2.01. The molecular weight excluding hydrogens is 370 g/mol. The van der Waals surface area contributed by atoms with Crippen LogP contribution in [0.3, 0.4) is 0 Å². The quantitative estimate of drug-likeness (QED) is 0.124. The van der Waals surface area contributed by atoms with Gasteiger partial charge in [-0.05, 0) is 5.53 Å². The topological polar surface area (TPSA) is 187 Å². The Kier molecular flexibility index (Phi) is 8.16. The maximum Gasteiger partial charge on any atom is 0.303 e. The molecule has 13 heteroatoms.